The number of hydrogen-bond acceptors (Lipinski definition) is 7. The van der Waals surface area contributed by atoms with E-state index in [0.29, 0.717) is 31.3 Å². The minimum absolute atomic E-state index is 0.00816. The van der Waals surface area contributed by atoms with Crippen LogP contribution in [-0.2, 0) is 4.74 Å². The molecule has 0 saturated carbocycles. The molecule has 1 amide bonds. The zero-order chi connectivity index (χ0) is 17.9. The Morgan fingerprint density at radius 2 is 2.17 bits per heavy atom. The van der Waals surface area contributed by atoms with Gasteiger partial charge in [-0.15, -0.1) is 0 Å². The highest BCUT2D eigenvalue weighted by Gasteiger charge is 2.31. The summed E-state index contributed by atoms with van der Waals surface area (Å²) < 4.78 is 5.41. The maximum Gasteiger partial charge on any atom is 0.410 e. The summed E-state index contributed by atoms with van der Waals surface area (Å²) in [5.41, 5.74) is 5.40. The van der Waals surface area contributed by atoms with Crippen LogP contribution in [0.15, 0.2) is 17.4 Å². The third-order valence-electron chi connectivity index (χ3n) is 3.55. The van der Waals surface area contributed by atoms with E-state index in [0.717, 1.165) is 0 Å². The van der Waals surface area contributed by atoms with E-state index >= 15 is 0 Å². The van der Waals surface area contributed by atoms with E-state index in [-0.39, 0.29) is 18.0 Å². The van der Waals surface area contributed by atoms with Crippen molar-refractivity contribution in [2.45, 2.75) is 39.3 Å². The zero-order valence-corrected chi connectivity index (χ0v) is 14.4. The number of ether oxygens (including phenoxy) is 1. The maximum absolute atomic E-state index is 12.2. The average molecular weight is 336 g/mol. The van der Waals surface area contributed by atoms with E-state index in [9.17, 15) is 4.79 Å². The van der Waals surface area contributed by atoms with Gasteiger partial charge in [0.05, 0.1) is 0 Å². The summed E-state index contributed by atoms with van der Waals surface area (Å²) in [4.78, 5) is 24.4. The van der Waals surface area contributed by atoms with Crippen LogP contribution in [0.4, 0.5) is 10.7 Å². The number of amidine groups is 1. The summed E-state index contributed by atoms with van der Waals surface area (Å²) in [7, 11) is 0. The fraction of sp³-hybridized carbons (Fsp3) is 0.600. The molecule has 24 heavy (non-hydrogen) atoms. The van der Waals surface area contributed by atoms with Gasteiger partial charge in [-0.1, -0.05) is 5.16 Å². The molecule has 1 atom stereocenters. The summed E-state index contributed by atoms with van der Waals surface area (Å²) in [5, 5.41) is 11.7. The van der Waals surface area contributed by atoms with Crippen LogP contribution in [0, 0.1) is 0 Å². The highest BCUT2D eigenvalue weighted by Crippen LogP contribution is 2.18. The molecule has 0 unspecified atom stereocenters. The molecule has 1 aliphatic heterocycles. The first-order chi connectivity index (χ1) is 11.2. The Bertz CT molecular complexity index is 628. The molecule has 1 fully saturated rings. The molecular formula is C15H24N6O3. The van der Waals surface area contributed by atoms with Crippen LogP contribution in [0.1, 0.15) is 33.4 Å². The smallest absolute Gasteiger partial charge is 0.410 e. The van der Waals surface area contributed by atoms with Gasteiger partial charge in [0, 0.05) is 31.9 Å². The number of nitrogens with two attached hydrogens (primary N) is 1. The molecule has 9 heteroatoms. The molecule has 132 valence electrons. The molecule has 9 nitrogen and oxygen atoms in total. The largest absolute Gasteiger partial charge is 0.444 e. The lowest BCUT2D eigenvalue weighted by molar-refractivity contribution is 0.0218. The van der Waals surface area contributed by atoms with Crippen molar-refractivity contribution in [1.29, 1.82) is 0 Å². The first-order valence-electron chi connectivity index (χ1n) is 7.77. The van der Waals surface area contributed by atoms with Crippen LogP contribution in [0.5, 0.6) is 0 Å². The van der Waals surface area contributed by atoms with Gasteiger partial charge in [0.2, 0.25) is 5.95 Å². The van der Waals surface area contributed by atoms with Crippen molar-refractivity contribution in [1.82, 2.24) is 14.9 Å². The second-order valence-corrected chi connectivity index (χ2v) is 6.70. The van der Waals surface area contributed by atoms with Crippen LogP contribution in [0.3, 0.4) is 0 Å². The molecule has 2 heterocycles. The summed E-state index contributed by atoms with van der Waals surface area (Å²) in [6, 6.07) is 1.58. The summed E-state index contributed by atoms with van der Waals surface area (Å²) >= 11 is 0. The second kappa shape index (κ2) is 6.90. The average Bonchev–Trinajstić information content (AvgIpc) is 2.52. The van der Waals surface area contributed by atoms with E-state index in [2.05, 4.69) is 15.1 Å². The van der Waals surface area contributed by atoms with Crippen molar-refractivity contribution in [2.75, 3.05) is 24.5 Å². The third kappa shape index (κ3) is 4.24. The number of aromatic nitrogens is 2. The van der Waals surface area contributed by atoms with Crippen molar-refractivity contribution in [3.05, 3.63) is 18.0 Å². The standard InChI is InChI=1S/C15H24N6O3/c1-10-9-20(14(22)24-15(2,3)4)7-8-21(10)13-17-6-5-11(18-13)12(16)19-23/h5-6,10,23H,7-9H2,1-4H3,(H2,16,19)/t10-/m0/s1. The van der Waals surface area contributed by atoms with Crippen LogP contribution >= 0.6 is 0 Å². The third-order valence-corrected chi connectivity index (χ3v) is 3.55. The van der Waals surface area contributed by atoms with Crippen molar-refractivity contribution in [3.63, 3.8) is 0 Å². The zero-order valence-electron chi connectivity index (χ0n) is 14.4. The Kier molecular flexibility index (Phi) is 5.10. The maximum atomic E-state index is 12.2. The minimum atomic E-state index is -0.518. The van der Waals surface area contributed by atoms with Crippen LogP contribution in [-0.4, -0.2) is 63.3 Å². The molecule has 1 aromatic heterocycles. The fourth-order valence-electron chi connectivity index (χ4n) is 2.43. The lowest BCUT2D eigenvalue weighted by Gasteiger charge is -2.40. The fourth-order valence-corrected chi connectivity index (χ4v) is 2.43. The first kappa shape index (κ1) is 17.8. The normalized spacial score (nSPS) is 19.3. The summed E-state index contributed by atoms with van der Waals surface area (Å²) in [6.45, 7) is 9.10. The Morgan fingerprint density at radius 3 is 2.75 bits per heavy atom. The van der Waals surface area contributed by atoms with Gasteiger partial charge in [0.25, 0.3) is 0 Å². The Hall–Kier alpha value is -2.58. The predicted octanol–water partition coefficient (Wildman–Crippen LogP) is 1.02. The second-order valence-electron chi connectivity index (χ2n) is 6.70. The lowest BCUT2D eigenvalue weighted by atomic mass is 10.2. The molecule has 1 saturated heterocycles. The molecular weight excluding hydrogens is 312 g/mol. The number of anilines is 1. The van der Waals surface area contributed by atoms with E-state index in [1.54, 1.807) is 17.2 Å². The van der Waals surface area contributed by atoms with Crippen LogP contribution in [0.25, 0.3) is 0 Å². The number of nitrogens with zero attached hydrogens (tertiary/aromatic N) is 5. The highest BCUT2D eigenvalue weighted by molar-refractivity contribution is 5.95. The van der Waals surface area contributed by atoms with Gasteiger partial charge in [0.1, 0.15) is 11.3 Å². The van der Waals surface area contributed by atoms with Crippen LogP contribution in [0.2, 0.25) is 0 Å². The number of carbonyl (C=O) groups is 1. The molecule has 0 radical (unpaired) electrons. The van der Waals surface area contributed by atoms with E-state index < -0.39 is 5.60 Å². The monoisotopic (exact) mass is 336 g/mol. The van der Waals surface area contributed by atoms with Gasteiger partial charge in [-0.05, 0) is 33.8 Å². The highest BCUT2D eigenvalue weighted by atomic mass is 16.6. The topological polar surface area (TPSA) is 117 Å². The van der Waals surface area contributed by atoms with Gasteiger partial charge in [0.15, 0.2) is 5.84 Å². The van der Waals surface area contributed by atoms with E-state index in [1.807, 2.05) is 32.6 Å². The number of rotatable bonds is 2. The SMILES string of the molecule is C[C@H]1CN(C(=O)OC(C)(C)C)CCN1c1nccc(/C(N)=N/O)n1. The van der Waals surface area contributed by atoms with Gasteiger partial charge in [-0.2, -0.15) is 0 Å². The lowest BCUT2D eigenvalue weighted by Crippen LogP contribution is -2.55. The Labute approximate surface area is 141 Å². The van der Waals surface area contributed by atoms with Crippen molar-refractivity contribution >= 4 is 17.9 Å². The Balaban J connectivity index is 2.08. The molecule has 0 aliphatic carbocycles. The van der Waals surface area contributed by atoms with E-state index in [4.69, 9.17) is 15.7 Å². The molecule has 2 rings (SSSR count). The van der Waals surface area contributed by atoms with Crippen molar-refractivity contribution in [2.24, 2.45) is 10.9 Å². The number of hydrogen-bond donors (Lipinski definition) is 2. The molecule has 1 aliphatic rings. The van der Waals surface area contributed by atoms with Gasteiger partial charge < -0.3 is 25.5 Å². The number of carbonyl (C=O) groups excluding carboxylic acids is 1. The van der Waals surface area contributed by atoms with Gasteiger partial charge in [-0.3, -0.25) is 0 Å². The molecule has 0 aromatic carbocycles. The Morgan fingerprint density at radius 1 is 1.46 bits per heavy atom. The van der Waals surface area contributed by atoms with Crippen LogP contribution < -0.4 is 10.6 Å². The number of amides is 1. The quantitative estimate of drug-likeness (QED) is 0.358. The van der Waals surface area contributed by atoms with Crippen molar-refractivity contribution in [3.8, 4) is 0 Å². The summed E-state index contributed by atoms with van der Waals surface area (Å²) in [6.07, 6.45) is 1.24. The summed E-state index contributed by atoms with van der Waals surface area (Å²) in [5.74, 6) is 0.411. The van der Waals surface area contributed by atoms with Gasteiger partial charge in [-0.25, -0.2) is 14.8 Å². The van der Waals surface area contributed by atoms with Gasteiger partial charge >= 0.3 is 6.09 Å². The van der Waals surface area contributed by atoms with Crippen molar-refractivity contribution < 1.29 is 14.7 Å². The molecule has 0 bridgehead atoms. The first-order valence-corrected chi connectivity index (χ1v) is 7.77. The molecule has 3 N–H and O–H groups in total. The predicted molar refractivity (Wildman–Crippen MR) is 89.2 cm³/mol. The number of piperazine rings is 1. The minimum Gasteiger partial charge on any atom is -0.444 e. The number of oxime groups is 1. The molecule has 1 aromatic rings. The van der Waals surface area contributed by atoms with E-state index in [1.165, 1.54) is 0 Å². The molecule has 0 spiro atoms.